The SMILES string of the molecule is Cn1c(=O)n(C)c2cc(S(=O)(=O)N3CCN(S(=O)(=O)N4CCOCC4)CC3)ccc21. The predicted molar refractivity (Wildman–Crippen MR) is 110 cm³/mol. The largest absolute Gasteiger partial charge is 0.379 e. The van der Waals surface area contributed by atoms with E-state index < -0.39 is 20.2 Å². The molecule has 11 nitrogen and oxygen atoms in total. The summed E-state index contributed by atoms with van der Waals surface area (Å²) in [5.41, 5.74) is 0.932. The highest BCUT2D eigenvalue weighted by Crippen LogP contribution is 2.23. The second-order valence-electron chi connectivity index (χ2n) is 7.37. The summed E-state index contributed by atoms with van der Waals surface area (Å²) in [4.78, 5) is 12.2. The van der Waals surface area contributed by atoms with Gasteiger partial charge in [0.2, 0.25) is 10.0 Å². The summed E-state index contributed by atoms with van der Waals surface area (Å²) < 4.78 is 63.9. The van der Waals surface area contributed by atoms with Gasteiger partial charge in [0.15, 0.2) is 0 Å². The highest BCUT2D eigenvalue weighted by molar-refractivity contribution is 7.89. The molecule has 0 amide bonds. The Kier molecular flexibility index (Phi) is 5.53. The summed E-state index contributed by atoms with van der Waals surface area (Å²) in [5, 5.41) is 0. The van der Waals surface area contributed by atoms with Crippen molar-refractivity contribution in [2.45, 2.75) is 4.90 Å². The fourth-order valence-corrected chi connectivity index (χ4v) is 6.88. The predicted octanol–water partition coefficient (Wildman–Crippen LogP) is -1.24. The lowest BCUT2D eigenvalue weighted by Gasteiger charge is -2.37. The number of morpholine rings is 1. The molecule has 0 unspecified atom stereocenters. The number of aryl methyl sites for hydroxylation is 2. The van der Waals surface area contributed by atoms with Crippen LogP contribution in [0.5, 0.6) is 0 Å². The zero-order chi connectivity index (χ0) is 21.7. The second kappa shape index (κ2) is 7.73. The number of piperazine rings is 1. The number of benzene rings is 1. The number of ether oxygens (including phenoxy) is 1. The van der Waals surface area contributed by atoms with Gasteiger partial charge in [0.1, 0.15) is 0 Å². The van der Waals surface area contributed by atoms with Crippen molar-refractivity contribution in [3.05, 3.63) is 28.7 Å². The zero-order valence-electron chi connectivity index (χ0n) is 16.9. The molecule has 0 aliphatic carbocycles. The molecule has 2 fully saturated rings. The third kappa shape index (κ3) is 3.48. The highest BCUT2D eigenvalue weighted by atomic mass is 32.2. The van der Waals surface area contributed by atoms with Crippen molar-refractivity contribution in [3.8, 4) is 0 Å². The van der Waals surface area contributed by atoms with Gasteiger partial charge in [-0.05, 0) is 18.2 Å². The lowest BCUT2D eigenvalue weighted by atomic mass is 10.3. The van der Waals surface area contributed by atoms with Crippen LogP contribution in [-0.4, -0.2) is 91.4 Å². The molecule has 30 heavy (non-hydrogen) atoms. The first-order valence-corrected chi connectivity index (χ1v) is 12.5. The molecular formula is C17H25N5O6S2. The van der Waals surface area contributed by atoms with Crippen LogP contribution in [0.15, 0.2) is 27.9 Å². The fraction of sp³-hybridized carbons (Fsp3) is 0.588. The minimum atomic E-state index is -3.81. The number of rotatable bonds is 4. The number of hydrogen-bond acceptors (Lipinski definition) is 6. The molecule has 0 spiro atoms. The van der Waals surface area contributed by atoms with Gasteiger partial charge < -0.3 is 4.74 Å². The van der Waals surface area contributed by atoms with Crippen LogP contribution in [0.1, 0.15) is 0 Å². The van der Waals surface area contributed by atoms with Crippen molar-refractivity contribution < 1.29 is 21.6 Å². The van der Waals surface area contributed by atoms with Crippen molar-refractivity contribution in [1.82, 2.24) is 22.0 Å². The lowest BCUT2D eigenvalue weighted by Crippen LogP contribution is -2.55. The van der Waals surface area contributed by atoms with Crippen LogP contribution in [0.25, 0.3) is 11.0 Å². The van der Waals surface area contributed by atoms with Crippen LogP contribution in [0.3, 0.4) is 0 Å². The zero-order valence-corrected chi connectivity index (χ0v) is 18.5. The fourth-order valence-electron chi connectivity index (χ4n) is 3.88. The maximum atomic E-state index is 13.1. The number of nitrogens with zero attached hydrogens (tertiary/aromatic N) is 5. The number of aromatic nitrogens is 2. The van der Waals surface area contributed by atoms with Gasteiger partial charge >= 0.3 is 5.69 Å². The Labute approximate surface area is 175 Å². The first-order valence-electron chi connectivity index (χ1n) is 9.62. The Morgan fingerprint density at radius 2 is 1.30 bits per heavy atom. The molecule has 13 heteroatoms. The Morgan fingerprint density at radius 1 is 0.767 bits per heavy atom. The highest BCUT2D eigenvalue weighted by Gasteiger charge is 2.36. The number of fused-ring (bicyclic) bond motifs is 1. The van der Waals surface area contributed by atoms with Crippen molar-refractivity contribution in [2.24, 2.45) is 14.1 Å². The Morgan fingerprint density at radius 3 is 1.93 bits per heavy atom. The molecule has 0 N–H and O–H groups in total. The van der Waals surface area contributed by atoms with E-state index in [-0.39, 0.29) is 36.8 Å². The van der Waals surface area contributed by atoms with E-state index in [2.05, 4.69) is 0 Å². The van der Waals surface area contributed by atoms with Crippen molar-refractivity contribution in [3.63, 3.8) is 0 Å². The molecule has 0 bridgehead atoms. The van der Waals surface area contributed by atoms with E-state index in [1.165, 1.54) is 34.2 Å². The van der Waals surface area contributed by atoms with Gasteiger partial charge in [0.05, 0.1) is 29.1 Å². The Balaban J connectivity index is 1.53. The van der Waals surface area contributed by atoms with E-state index in [0.29, 0.717) is 37.3 Å². The van der Waals surface area contributed by atoms with Gasteiger partial charge in [-0.1, -0.05) is 0 Å². The maximum Gasteiger partial charge on any atom is 0.328 e. The minimum Gasteiger partial charge on any atom is -0.379 e. The molecule has 2 aliphatic heterocycles. The van der Waals surface area contributed by atoms with Crippen molar-refractivity contribution in [1.29, 1.82) is 0 Å². The molecule has 0 atom stereocenters. The third-order valence-corrected chi connectivity index (χ3v) is 9.63. The summed E-state index contributed by atoms with van der Waals surface area (Å²) in [5.74, 6) is 0. The van der Waals surface area contributed by atoms with E-state index >= 15 is 0 Å². The van der Waals surface area contributed by atoms with Crippen LogP contribution < -0.4 is 5.69 Å². The first-order chi connectivity index (χ1) is 14.1. The van der Waals surface area contributed by atoms with E-state index in [4.69, 9.17) is 4.74 Å². The molecule has 0 saturated carbocycles. The van der Waals surface area contributed by atoms with Crippen LogP contribution >= 0.6 is 0 Å². The van der Waals surface area contributed by atoms with E-state index in [1.54, 1.807) is 20.2 Å². The molecule has 3 heterocycles. The Hall–Kier alpha value is -1.77. The van der Waals surface area contributed by atoms with E-state index in [1.807, 2.05) is 0 Å². The quantitative estimate of drug-likeness (QED) is 0.565. The van der Waals surface area contributed by atoms with E-state index in [0.717, 1.165) is 0 Å². The topological polar surface area (TPSA) is 114 Å². The van der Waals surface area contributed by atoms with Crippen LogP contribution in [0.2, 0.25) is 0 Å². The van der Waals surface area contributed by atoms with Gasteiger partial charge in [-0.25, -0.2) is 13.2 Å². The molecule has 2 aromatic rings. The number of hydrogen-bond donors (Lipinski definition) is 0. The normalized spacial score (nSPS) is 20.7. The molecule has 1 aromatic carbocycles. The molecule has 4 rings (SSSR count). The maximum absolute atomic E-state index is 13.1. The summed E-state index contributed by atoms with van der Waals surface area (Å²) in [7, 11) is -4.22. The van der Waals surface area contributed by atoms with Gasteiger partial charge in [-0.3, -0.25) is 9.13 Å². The lowest BCUT2D eigenvalue weighted by molar-refractivity contribution is 0.0694. The van der Waals surface area contributed by atoms with Crippen LogP contribution in [-0.2, 0) is 39.1 Å². The molecular weight excluding hydrogens is 434 g/mol. The number of imidazole rings is 1. The summed E-state index contributed by atoms with van der Waals surface area (Å²) >= 11 is 0. The minimum absolute atomic E-state index is 0.0671. The molecule has 0 radical (unpaired) electrons. The smallest absolute Gasteiger partial charge is 0.328 e. The van der Waals surface area contributed by atoms with Gasteiger partial charge in [0.25, 0.3) is 10.2 Å². The summed E-state index contributed by atoms with van der Waals surface area (Å²) in [6.45, 7) is 1.63. The van der Waals surface area contributed by atoms with Crippen molar-refractivity contribution >= 4 is 31.3 Å². The van der Waals surface area contributed by atoms with Crippen LogP contribution in [0.4, 0.5) is 0 Å². The third-order valence-electron chi connectivity index (χ3n) is 5.70. The summed E-state index contributed by atoms with van der Waals surface area (Å²) in [6, 6.07) is 4.58. The van der Waals surface area contributed by atoms with Gasteiger partial charge in [-0.2, -0.15) is 21.3 Å². The molecule has 166 valence electrons. The van der Waals surface area contributed by atoms with Gasteiger partial charge in [-0.15, -0.1) is 0 Å². The molecule has 2 saturated heterocycles. The van der Waals surface area contributed by atoms with Crippen molar-refractivity contribution in [2.75, 3.05) is 52.5 Å². The van der Waals surface area contributed by atoms with Crippen LogP contribution in [0, 0.1) is 0 Å². The molecule has 1 aromatic heterocycles. The summed E-state index contributed by atoms with van der Waals surface area (Å²) in [6.07, 6.45) is 0. The average Bonchev–Trinajstić information content (AvgIpc) is 2.98. The monoisotopic (exact) mass is 459 g/mol. The molecule has 2 aliphatic rings. The van der Waals surface area contributed by atoms with E-state index in [9.17, 15) is 21.6 Å². The first kappa shape index (κ1) is 21.5. The average molecular weight is 460 g/mol. The standard InChI is InChI=1S/C17H25N5O6S2/c1-18-15-4-3-14(13-16(15)19(2)17(18)23)29(24,25)20-5-7-21(8-6-20)30(26,27)22-9-11-28-12-10-22/h3-4,13H,5-12H2,1-2H3. The Bertz CT molecular complexity index is 1220. The second-order valence-corrected chi connectivity index (χ2v) is 11.2. The number of sulfonamides is 1. The van der Waals surface area contributed by atoms with Gasteiger partial charge in [0, 0.05) is 53.4 Å².